The zero-order valence-corrected chi connectivity index (χ0v) is 11.4. The molecule has 0 spiro atoms. The van der Waals surface area contributed by atoms with Crippen LogP contribution in [0.1, 0.15) is 6.92 Å². The quantitative estimate of drug-likeness (QED) is 0.647. The SMILES string of the molecule is CC1CN(c2nc(N)ccc2[N+](=O)[O-])CC1N(C)C. The lowest BCUT2D eigenvalue weighted by Crippen LogP contribution is -2.34. The summed E-state index contributed by atoms with van der Waals surface area (Å²) in [5.74, 6) is 1.11. The maximum absolute atomic E-state index is 11.1. The second-order valence-electron chi connectivity index (χ2n) is 5.25. The van der Waals surface area contributed by atoms with E-state index >= 15 is 0 Å². The van der Waals surface area contributed by atoms with Gasteiger partial charge in [0.25, 0.3) is 0 Å². The minimum Gasteiger partial charge on any atom is -0.384 e. The third-order valence-corrected chi connectivity index (χ3v) is 3.61. The molecule has 2 atom stereocenters. The van der Waals surface area contributed by atoms with Crippen LogP contribution >= 0.6 is 0 Å². The van der Waals surface area contributed by atoms with Crippen molar-refractivity contribution in [3.05, 3.63) is 22.2 Å². The summed E-state index contributed by atoms with van der Waals surface area (Å²) >= 11 is 0. The Morgan fingerprint density at radius 1 is 1.47 bits per heavy atom. The monoisotopic (exact) mass is 265 g/mol. The zero-order chi connectivity index (χ0) is 14.2. The highest BCUT2D eigenvalue weighted by Crippen LogP contribution is 2.32. The largest absolute Gasteiger partial charge is 0.384 e. The number of hydrogen-bond acceptors (Lipinski definition) is 6. The molecule has 0 amide bonds. The first-order valence-corrected chi connectivity index (χ1v) is 6.22. The molecule has 2 rings (SSSR count). The van der Waals surface area contributed by atoms with E-state index in [4.69, 9.17) is 5.73 Å². The molecular weight excluding hydrogens is 246 g/mol. The summed E-state index contributed by atoms with van der Waals surface area (Å²) in [6.07, 6.45) is 0. The Morgan fingerprint density at radius 3 is 2.68 bits per heavy atom. The molecular formula is C12H19N5O2. The number of nitro groups is 1. The van der Waals surface area contributed by atoms with Gasteiger partial charge in [-0.25, -0.2) is 4.98 Å². The van der Waals surface area contributed by atoms with Crippen molar-refractivity contribution in [2.45, 2.75) is 13.0 Å². The molecule has 0 radical (unpaired) electrons. The predicted octanol–water partition coefficient (Wildman–Crippen LogP) is 0.958. The van der Waals surface area contributed by atoms with E-state index in [1.54, 1.807) is 0 Å². The highest BCUT2D eigenvalue weighted by atomic mass is 16.6. The lowest BCUT2D eigenvalue weighted by molar-refractivity contribution is -0.384. The van der Waals surface area contributed by atoms with Crippen molar-refractivity contribution in [2.24, 2.45) is 5.92 Å². The highest BCUT2D eigenvalue weighted by molar-refractivity contribution is 5.61. The Bertz CT molecular complexity index is 491. The summed E-state index contributed by atoms with van der Waals surface area (Å²) in [6, 6.07) is 3.25. The van der Waals surface area contributed by atoms with Crippen LogP contribution < -0.4 is 10.6 Å². The fourth-order valence-corrected chi connectivity index (χ4v) is 2.63. The van der Waals surface area contributed by atoms with Crippen molar-refractivity contribution in [2.75, 3.05) is 37.8 Å². The Balaban J connectivity index is 2.33. The molecule has 2 heterocycles. The number of aromatic nitrogens is 1. The van der Waals surface area contributed by atoms with Gasteiger partial charge in [0, 0.05) is 25.2 Å². The molecule has 19 heavy (non-hydrogen) atoms. The summed E-state index contributed by atoms with van der Waals surface area (Å²) in [4.78, 5) is 18.9. The fourth-order valence-electron chi connectivity index (χ4n) is 2.63. The maximum Gasteiger partial charge on any atom is 0.311 e. The van der Waals surface area contributed by atoms with Crippen molar-refractivity contribution in [3.8, 4) is 0 Å². The third-order valence-electron chi connectivity index (χ3n) is 3.61. The van der Waals surface area contributed by atoms with Crippen LogP contribution in [0.5, 0.6) is 0 Å². The second-order valence-corrected chi connectivity index (χ2v) is 5.25. The van der Waals surface area contributed by atoms with Crippen molar-refractivity contribution in [1.82, 2.24) is 9.88 Å². The number of anilines is 2. The molecule has 0 aromatic carbocycles. The molecule has 7 nitrogen and oxygen atoms in total. The van der Waals surface area contributed by atoms with Crippen LogP contribution in [0.3, 0.4) is 0 Å². The number of pyridine rings is 1. The summed E-state index contributed by atoms with van der Waals surface area (Å²) in [6.45, 7) is 3.62. The van der Waals surface area contributed by atoms with Crippen LogP contribution in [0.15, 0.2) is 12.1 Å². The first-order chi connectivity index (χ1) is 8.90. The molecule has 0 aliphatic carbocycles. The minimum absolute atomic E-state index is 0.0146. The van der Waals surface area contributed by atoms with E-state index in [1.165, 1.54) is 12.1 Å². The lowest BCUT2D eigenvalue weighted by atomic mass is 10.1. The van der Waals surface area contributed by atoms with Crippen molar-refractivity contribution in [3.63, 3.8) is 0 Å². The summed E-state index contributed by atoms with van der Waals surface area (Å²) < 4.78 is 0. The molecule has 1 aromatic heterocycles. The van der Waals surface area contributed by atoms with Gasteiger partial charge in [0.2, 0.25) is 5.82 Å². The normalized spacial score (nSPS) is 23.1. The topological polar surface area (TPSA) is 88.5 Å². The van der Waals surface area contributed by atoms with E-state index in [0.29, 0.717) is 23.6 Å². The highest BCUT2D eigenvalue weighted by Gasteiger charge is 2.34. The minimum atomic E-state index is -0.407. The third kappa shape index (κ3) is 2.60. The smallest absolute Gasteiger partial charge is 0.311 e. The van der Waals surface area contributed by atoms with Crippen LogP contribution in [-0.2, 0) is 0 Å². The Morgan fingerprint density at radius 2 is 2.16 bits per heavy atom. The van der Waals surface area contributed by atoms with Crippen LogP contribution in [0, 0.1) is 16.0 Å². The van der Waals surface area contributed by atoms with Gasteiger partial charge in [0.05, 0.1) is 4.92 Å². The van der Waals surface area contributed by atoms with E-state index in [-0.39, 0.29) is 5.69 Å². The molecule has 1 aliphatic rings. The summed E-state index contributed by atoms with van der Waals surface area (Å²) in [5.41, 5.74) is 5.67. The van der Waals surface area contributed by atoms with Crippen LogP contribution in [0.25, 0.3) is 0 Å². The fraction of sp³-hybridized carbons (Fsp3) is 0.583. The molecule has 104 valence electrons. The van der Waals surface area contributed by atoms with Gasteiger partial charge in [-0.15, -0.1) is 0 Å². The van der Waals surface area contributed by atoms with Gasteiger partial charge in [-0.05, 0) is 26.1 Å². The predicted molar refractivity (Wildman–Crippen MR) is 74.2 cm³/mol. The van der Waals surface area contributed by atoms with E-state index in [9.17, 15) is 10.1 Å². The number of nitrogens with zero attached hydrogens (tertiary/aromatic N) is 4. The van der Waals surface area contributed by atoms with E-state index < -0.39 is 4.92 Å². The van der Waals surface area contributed by atoms with Crippen LogP contribution in [0.4, 0.5) is 17.3 Å². The van der Waals surface area contributed by atoms with E-state index in [1.807, 2.05) is 19.0 Å². The van der Waals surface area contributed by atoms with Crippen molar-refractivity contribution >= 4 is 17.3 Å². The van der Waals surface area contributed by atoms with E-state index in [0.717, 1.165) is 13.1 Å². The number of nitrogen functional groups attached to an aromatic ring is 1. The van der Waals surface area contributed by atoms with Crippen LogP contribution in [-0.4, -0.2) is 48.0 Å². The standard InChI is InChI=1S/C12H19N5O2/c1-8-6-16(7-10(8)15(2)3)12-9(17(18)19)4-5-11(13)14-12/h4-5,8,10H,6-7H2,1-3H3,(H2,13,14). The average Bonchev–Trinajstić information content (AvgIpc) is 2.70. The first-order valence-electron chi connectivity index (χ1n) is 6.22. The Hall–Kier alpha value is -1.89. The van der Waals surface area contributed by atoms with Gasteiger partial charge in [-0.2, -0.15) is 0 Å². The second kappa shape index (κ2) is 5.00. The average molecular weight is 265 g/mol. The molecule has 1 aromatic rings. The van der Waals surface area contributed by atoms with Gasteiger partial charge >= 0.3 is 5.69 Å². The van der Waals surface area contributed by atoms with Gasteiger partial charge in [0.15, 0.2) is 0 Å². The molecule has 0 bridgehead atoms. The molecule has 1 aliphatic heterocycles. The van der Waals surface area contributed by atoms with Gasteiger partial charge in [-0.1, -0.05) is 6.92 Å². The number of hydrogen-bond donors (Lipinski definition) is 1. The van der Waals surface area contributed by atoms with Gasteiger partial charge in [-0.3, -0.25) is 10.1 Å². The lowest BCUT2D eigenvalue weighted by Gasteiger charge is -2.22. The molecule has 0 saturated carbocycles. The molecule has 2 unspecified atom stereocenters. The molecule has 1 fully saturated rings. The maximum atomic E-state index is 11.1. The number of nitrogens with two attached hydrogens (primary N) is 1. The number of likely N-dealkylation sites (N-methyl/N-ethyl adjacent to an activating group) is 1. The Labute approximate surface area is 112 Å². The van der Waals surface area contributed by atoms with Crippen molar-refractivity contribution < 1.29 is 4.92 Å². The first kappa shape index (κ1) is 13.5. The van der Waals surface area contributed by atoms with E-state index in [2.05, 4.69) is 16.8 Å². The molecule has 1 saturated heterocycles. The van der Waals surface area contributed by atoms with Gasteiger partial charge < -0.3 is 15.5 Å². The molecule has 7 heteroatoms. The van der Waals surface area contributed by atoms with Crippen molar-refractivity contribution in [1.29, 1.82) is 0 Å². The summed E-state index contributed by atoms with van der Waals surface area (Å²) in [5, 5.41) is 11.1. The number of rotatable bonds is 3. The van der Waals surface area contributed by atoms with Gasteiger partial charge in [0.1, 0.15) is 5.82 Å². The zero-order valence-electron chi connectivity index (χ0n) is 11.4. The summed E-state index contributed by atoms with van der Waals surface area (Å²) in [7, 11) is 4.04. The Kier molecular flexibility index (Phi) is 3.57. The van der Waals surface area contributed by atoms with Crippen LogP contribution in [0.2, 0.25) is 0 Å². The molecule has 2 N–H and O–H groups in total.